The largest absolute Gasteiger partial charge is 0.207 e. The van der Waals surface area contributed by atoms with Crippen molar-refractivity contribution in [2.24, 2.45) is 0 Å². The Bertz CT molecular complexity index is 747. The minimum Gasteiger partial charge on any atom is -0.207 e. The molecule has 0 radical (unpaired) electrons. The molecule has 0 saturated heterocycles. The summed E-state index contributed by atoms with van der Waals surface area (Å²) in [4.78, 5) is 0.0635. The third kappa shape index (κ3) is 2.36. The summed E-state index contributed by atoms with van der Waals surface area (Å²) in [5.74, 6) is -0.206. The molecule has 0 aromatic heterocycles. The molecular formula is C18H14BrF. The van der Waals surface area contributed by atoms with E-state index in [0.29, 0.717) is 0 Å². The normalized spacial score (nSPS) is 12.6. The van der Waals surface area contributed by atoms with Crippen LogP contribution in [0.4, 0.5) is 4.39 Å². The highest BCUT2D eigenvalue weighted by Gasteiger charge is 2.14. The standard InChI is InChI=1S/C18H14BrF/c1-12-6-11-17(16-5-3-2-4-15(12)16)18(19)13-7-9-14(20)10-8-13/h2-11,18H,1H3. The summed E-state index contributed by atoms with van der Waals surface area (Å²) in [6, 6.07) is 19.3. The molecule has 3 aromatic carbocycles. The first-order valence-electron chi connectivity index (χ1n) is 6.54. The molecule has 2 heteroatoms. The van der Waals surface area contributed by atoms with Crippen LogP contribution in [0, 0.1) is 12.7 Å². The van der Waals surface area contributed by atoms with Gasteiger partial charge in [-0.2, -0.15) is 0 Å². The first-order valence-corrected chi connectivity index (χ1v) is 7.46. The van der Waals surface area contributed by atoms with Gasteiger partial charge >= 0.3 is 0 Å². The molecule has 20 heavy (non-hydrogen) atoms. The Kier molecular flexibility index (Phi) is 3.58. The lowest BCUT2D eigenvalue weighted by molar-refractivity contribution is 0.627. The van der Waals surface area contributed by atoms with Gasteiger partial charge in [0.25, 0.3) is 0 Å². The average molecular weight is 329 g/mol. The predicted molar refractivity (Wildman–Crippen MR) is 85.9 cm³/mol. The van der Waals surface area contributed by atoms with Crippen LogP contribution in [0.1, 0.15) is 21.5 Å². The highest BCUT2D eigenvalue weighted by molar-refractivity contribution is 9.09. The van der Waals surface area contributed by atoms with Crippen LogP contribution in [0.2, 0.25) is 0 Å². The molecular weight excluding hydrogens is 315 g/mol. The topological polar surface area (TPSA) is 0 Å². The van der Waals surface area contributed by atoms with Crippen molar-refractivity contribution in [3.8, 4) is 0 Å². The number of aryl methyl sites for hydroxylation is 1. The lowest BCUT2D eigenvalue weighted by atomic mass is 9.96. The zero-order chi connectivity index (χ0) is 14.1. The molecule has 0 spiro atoms. The van der Waals surface area contributed by atoms with Crippen LogP contribution in [-0.2, 0) is 0 Å². The van der Waals surface area contributed by atoms with E-state index in [1.54, 1.807) is 0 Å². The highest BCUT2D eigenvalue weighted by atomic mass is 79.9. The van der Waals surface area contributed by atoms with Crippen LogP contribution in [0.3, 0.4) is 0 Å². The zero-order valence-electron chi connectivity index (χ0n) is 11.1. The number of rotatable bonds is 2. The molecule has 0 saturated carbocycles. The van der Waals surface area contributed by atoms with Gasteiger partial charge in [-0.1, -0.05) is 64.5 Å². The van der Waals surface area contributed by atoms with E-state index in [9.17, 15) is 4.39 Å². The summed E-state index contributed by atoms with van der Waals surface area (Å²) in [7, 11) is 0. The molecule has 0 aliphatic rings. The number of fused-ring (bicyclic) bond motifs is 1. The molecule has 0 nitrogen and oxygen atoms in total. The van der Waals surface area contributed by atoms with Crippen molar-refractivity contribution in [2.45, 2.75) is 11.8 Å². The summed E-state index contributed by atoms with van der Waals surface area (Å²) in [5, 5.41) is 2.50. The Morgan fingerprint density at radius 3 is 2.20 bits per heavy atom. The van der Waals surface area contributed by atoms with E-state index in [0.717, 1.165) is 5.56 Å². The van der Waals surface area contributed by atoms with Gasteiger partial charge in [0.15, 0.2) is 0 Å². The second kappa shape index (κ2) is 5.37. The van der Waals surface area contributed by atoms with Crippen molar-refractivity contribution in [3.63, 3.8) is 0 Å². The molecule has 0 heterocycles. The molecule has 0 amide bonds. The maximum Gasteiger partial charge on any atom is 0.123 e. The molecule has 3 rings (SSSR count). The van der Waals surface area contributed by atoms with Crippen molar-refractivity contribution in [3.05, 3.63) is 83.2 Å². The van der Waals surface area contributed by atoms with E-state index in [2.05, 4.69) is 59.3 Å². The monoisotopic (exact) mass is 328 g/mol. The summed E-state index contributed by atoms with van der Waals surface area (Å²) in [5.41, 5.74) is 3.53. The lowest BCUT2D eigenvalue weighted by Crippen LogP contribution is -1.95. The number of hydrogen-bond donors (Lipinski definition) is 0. The second-order valence-corrected chi connectivity index (χ2v) is 5.85. The van der Waals surface area contributed by atoms with Crippen LogP contribution < -0.4 is 0 Å². The fourth-order valence-electron chi connectivity index (χ4n) is 2.51. The van der Waals surface area contributed by atoms with Gasteiger partial charge in [0, 0.05) is 0 Å². The van der Waals surface area contributed by atoms with Crippen LogP contribution in [-0.4, -0.2) is 0 Å². The van der Waals surface area contributed by atoms with Gasteiger partial charge in [0.2, 0.25) is 0 Å². The zero-order valence-corrected chi connectivity index (χ0v) is 12.7. The molecule has 0 aliphatic heterocycles. The Hall–Kier alpha value is -1.67. The van der Waals surface area contributed by atoms with E-state index in [4.69, 9.17) is 0 Å². The van der Waals surface area contributed by atoms with Crippen molar-refractivity contribution in [1.29, 1.82) is 0 Å². The Morgan fingerprint density at radius 2 is 1.50 bits per heavy atom. The van der Waals surface area contributed by atoms with Crippen LogP contribution in [0.25, 0.3) is 10.8 Å². The van der Waals surface area contributed by atoms with E-state index >= 15 is 0 Å². The number of hydrogen-bond acceptors (Lipinski definition) is 0. The average Bonchev–Trinajstić information content (AvgIpc) is 2.48. The lowest BCUT2D eigenvalue weighted by Gasteiger charge is -2.15. The van der Waals surface area contributed by atoms with Crippen LogP contribution in [0.5, 0.6) is 0 Å². The minimum absolute atomic E-state index is 0.0635. The molecule has 0 bridgehead atoms. The van der Waals surface area contributed by atoms with Gasteiger partial charge < -0.3 is 0 Å². The SMILES string of the molecule is Cc1ccc(C(Br)c2ccc(F)cc2)c2ccccc12. The number of benzene rings is 3. The molecule has 1 unspecified atom stereocenters. The Labute approximate surface area is 126 Å². The molecule has 0 aliphatic carbocycles. The number of halogens is 2. The Balaban J connectivity index is 2.14. The quantitative estimate of drug-likeness (QED) is 0.524. The van der Waals surface area contributed by atoms with E-state index < -0.39 is 0 Å². The van der Waals surface area contributed by atoms with Crippen LogP contribution in [0.15, 0.2) is 60.7 Å². The van der Waals surface area contributed by atoms with Crippen LogP contribution >= 0.6 is 15.9 Å². The van der Waals surface area contributed by atoms with Gasteiger partial charge in [-0.25, -0.2) is 4.39 Å². The number of alkyl halides is 1. The molecule has 100 valence electrons. The third-order valence-corrected chi connectivity index (χ3v) is 4.63. The molecule has 3 aromatic rings. The predicted octanol–water partition coefficient (Wildman–Crippen LogP) is 5.77. The van der Waals surface area contributed by atoms with E-state index in [1.807, 2.05) is 12.1 Å². The molecule has 1 atom stereocenters. The maximum atomic E-state index is 13.0. The Morgan fingerprint density at radius 1 is 0.850 bits per heavy atom. The maximum absolute atomic E-state index is 13.0. The van der Waals surface area contributed by atoms with Crippen molar-refractivity contribution in [1.82, 2.24) is 0 Å². The molecule has 0 N–H and O–H groups in total. The fourth-order valence-corrected chi connectivity index (χ4v) is 3.21. The molecule has 0 fully saturated rings. The van der Waals surface area contributed by atoms with Crippen molar-refractivity contribution >= 4 is 26.7 Å². The smallest absolute Gasteiger partial charge is 0.123 e. The summed E-state index contributed by atoms with van der Waals surface area (Å²) in [6.07, 6.45) is 0. The van der Waals surface area contributed by atoms with Gasteiger partial charge in [-0.15, -0.1) is 0 Å². The minimum atomic E-state index is -0.206. The van der Waals surface area contributed by atoms with Gasteiger partial charge in [0.05, 0.1) is 4.83 Å². The first kappa shape index (κ1) is 13.3. The van der Waals surface area contributed by atoms with Gasteiger partial charge in [0.1, 0.15) is 5.82 Å². The van der Waals surface area contributed by atoms with Crippen molar-refractivity contribution in [2.75, 3.05) is 0 Å². The highest BCUT2D eigenvalue weighted by Crippen LogP contribution is 2.36. The van der Waals surface area contributed by atoms with Gasteiger partial charge in [-0.05, 0) is 46.5 Å². The first-order chi connectivity index (χ1) is 9.66. The summed E-state index contributed by atoms with van der Waals surface area (Å²) >= 11 is 3.74. The third-order valence-electron chi connectivity index (χ3n) is 3.61. The van der Waals surface area contributed by atoms with Gasteiger partial charge in [-0.3, -0.25) is 0 Å². The fraction of sp³-hybridized carbons (Fsp3) is 0.111. The van der Waals surface area contributed by atoms with Crippen molar-refractivity contribution < 1.29 is 4.39 Å². The van der Waals surface area contributed by atoms with E-state index in [1.165, 1.54) is 34.0 Å². The second-order valence-electron chi connectivity index (χ2n) is 4.93. The summed E-state index contributed by atoms with van der Waals surface area (Å²) in [6.45, 7) is 2.12. The summed E-state index contributed by atoms with van der Waals surface area (Å²) < 4.78 is 13.0. The van der Waals surface area contributed by atoms with E-state index in [-0.39, 0.29) is 10.6 Å².